The average Bonchev–Trinajstić information content (AvgIpc) is 2.39. The lowest BCUT2D eigenvalue weighted by atomic mass is 9.99. The number of rotatable bonds is 4. The second kappa shape index (κ2) is 5.97. The van der Waals surface area contributed by atoms with E-state index >= 15 is 0 Å². The van der Waals surface area contributed by atoms with Gasteiger partial charge in [-0.05, 0) is 20.3 Å². The van der Waals surface area contributed by atoms with Crippen LogP contribution in [0.5, 0.6) is 0 Å². The number of nitrogens with zero attached hydrogens (tertiary/aromatic N) is 2. The molecule has 1 aromatic carbocycles. The van der Waals surface area contributed by atoms with Crippen LogP contribution in [0.25, 0.3) is 0 Å². The zero-order valence-electron chi connectivity index (χ0n) is 11.7. The fourth-order valence-electron chi connectivity index (χ4n) is 1.53. The number of non-ortho nitro benzene ring substituents is 1. The Morgan fingerprint density at radius 1 is 1.40 bits per heavy atom. The quantitative estimate of drug-likeness (QED) is 0.618. The summed E-state index contributed by atoms with van der Waals surface area (Å²) in [5.74, 6) is -0.396. The summed E-state index contributed by atoms with van der Waals surface area (Å²) in [7, 11) is 1.63. The molecule has 0 heterocycles. The monoisotopic (exact) mass is 318 g/mol. The highest BCUT2D eigenvalue weighted by Crippen LogP contribution is 2.32. The molecule has 0 aromatic heterocycles. The second-order valence-electron chi connectivity index (χ2n) is 5.08. The van der Waals surface area contributed by atoms with E-state index in [-0.39, 0.29) is 21.3 Å². The number of hydrogen-bond donors (Lipinski definition) is 0. The molecule has 0 saturated heterocycles. The van der Waals surface area contributed by atoms with Crippen molar-refractivity contribution in [1.29, 1.82) is 0 Å². The molecule has 0 atom stereocenters. The summed E-state index contributed by atoms with van der Waals surface area (Å²) in [6, 6.07) is 2.28. The van der Waals surface area contributed by atoms with Gasteiger partial charge in [0.05, 0.1) is 20.5 Å². The van der Waals surface area contributed by atoms with Gasteiger partial charge < -0.3 is 4.90 Å². The molecule has 7 heteroatoms. The smallest absolute Gasteiger partial charge is 0.271 e. The molecular formula is C13H16Cl2N2O3. The molecule has 0 bridgehead atoms. The first-order valence-corrected chi connectivity index (χ1v) is 6.79. The van der Waals surface area contributed by atoms with E-state index in [0.717, 1.165) is 18.6 Å². The minimum atomic E-state index is -0.607. The van der Waals surface area contributed by atoms with Crippen molar-refractivity contribution in [3.63, 3.8) is 0 Å². The maximum atomic E-state index is 12.5. The largest absolute Gasteiger partial charge is 0.337 e. The summed E-state index contributed by atoms with van der Waals surface area (Å²) in [4.78, 5) is 24.2. The molecule has 0 aliphatic carbocycles. The first-order valence-electron chi connectivity index (χ1n) is 6.03. The Hall–Kier alpha value is -1.33. The fourth-order valence-corrected chi connectivity index (χ4v) is 1.93. The van der Waals surface area contributed by atoms with Gasteiger partial charge in [0.2, 0.25) is 0 Å². The Labute approximate surface area is 127 Å². The number of nitro groups is 1. The topological polar surface area (TPSA) is 63.5 Å². The van der Waals surface area contributed by atoms with Crippen molar-refractivity contribution in [3.8, 4) is 0 Å². The number of nitro benzene ring substituents is 1. The van der Waals surface area contributed by atoms with Crippen LogP contribution in [0.2, 0.25) is 10.0 Å². The predicted octanol–water partition coefficient (Wildman–Crippen LogP) is 4.16. The van der Waals surface area contributed by atoms with Crippen molar-refractivity contribution in [2.24, 2.45) is 0 Å². The Morgan fingerprint density at radius 2 is 1.95 bits per heavy atom. The third-order valence-corrected chi connectivity index (χ3v) is 4.33. The normalized spacial score (nSPS) is 11.3. The van der Waals surface area contributed by atoms with Crippen LogP contribution in [0, 0.1) is 10.1 Å². The first-order chi connectivity index (χ1) is 9.11. The highest BCUT2D eigenvalue weighted by atomic mass is 35.5. The van der Waals surface area contributed by atoms with Crippen LogP contribution in [0.3, 0.4) is 0 Å². The van der Waals surface area contributed by atoms with Gasteiger partial charge in [0.25, 0.3) is 11.6 Å². The molecule has 5 nitrogen and oxygen atoms in total. The molecule has 0 fully saturated rings. The van der Waals surface area contributed by atoms with E-state index in [1.807, 2.05) is 20.8 Å². The Kier molecular flexibility index (Phi) is 5.00. The van der Waals surface area contributed by atoms with Crippen molar-refractivity contribution < 1.29 is 9.72 Å². The zero-order valence-corrected chi connectivity index (χ0v) is 13.2. The summed E-state index contributed by atoms with van der Waals surface area (Å²) < 4.78 is 0. The third kappa shape index (κ3) is 3.22. The van der Waals surface area contributed by atoms with Crippen LogP contribution in [0.1, 0.15) is 37.6 Å². The van der Waals surface area contributed by atoms with Gasteiger partial charge in [-0.15, -0.1) is 0 Å². The second-order valence-corrected chi connectivity index (χ2v) is 5.86. The summed E-state index contributed by atoms with van der Waals surface area (Å²) in [5.41, 5.74) is -0.613. The van der Waals surface area contributed by atoms with Gasteiger partial charge in [-0.1, -0.05) is 30.1 Å². The van der Waals surface area contributed by atoms with Crippen molar-refractivity contribution in [3.05, 3.63) is 37.9 Å². The summed E-state index contributed by atoms with van der Waals surface area (Å²) in [6.07, 6.45) is 0.732. The van der Waals surface area contributed by atoms with Gasteiger partial charge in [-0.3, -0.25) is 14.9 Å². The van der Waals surface area contributed by atoms with Gasteiger partial charge >= 0.3 is 0 Å². The number of amides is 1. The lowest BCUT2D eigenvalue weighted by molar-refractivity contribution is -0.384. The molecule has 0 aliphatic heterocycles. The first kappa shape index (κ1) is 16.7. The fraction of sp³-hybridized carbons (Fsp3) is 0.462. The average molecular weight is 319 g/mol. The highest BCUT2D eigenvalue weighted by Gasteiger charge is 2.29. The molecule has 1 amide bonds. The van der Waals surface area contributed by atoms with Gasteiger partial charge in [0.15, 0.2) is 0 Å². The number of benzene rings is 1. The van der Waals surface area contributed by atoms with Crippen molar-refractivity contribution in [2.45, 2.75) is 32.7 Å². The molecule has 0 radical (unpaired) electrons. The van der Waals surface area contributed by atoms with Gasteiger partial charge in [0, 0.05) is 24.7 Å². The molecule has 0 spiro atoms. The SMILES string of the molecule is CCC(C)(C)N(C)C(=O)c1cc([N+](=O)[O-])cc(Cl)c1Cl. The molecular weight excluding hydrogens is 303 g/mol. The summed E-state index contributed by atoms with van der Waals surface area (Å²) in [6.45, 7) is 5.75. The Balaban J connectivity index is 3.32. The molecule has 0 saturated carbocycles. The number of carbonyl (C=O) groups is 1. The standard InChI is InChI=1S/C13H16Cl2N2O3/c1-5-13(2,3)16(4)12(18)9-6-8(17(19)20)7-10(14)11(9)15/h6-7H,5H2,1-4H3. The summed E-state index contributed by atoms with van der Waals surface area (Å²) >= 11 is 11.9. The Bertz CT molecular complexity index is 559. The van der Waals surface area contributed by atoms with Crippen LogP contribution in [-0.4, -0.2) is 28.3 Å². The third-order valence-electron chi connectivity index (χ3n) is 3.53. The van der Waals surface area contributed by atoms with E-state index in [9.17, 15) is 14.9 Å². The van der Waals surface area contributed by atoms with Gasteiger partial charge in [-0.25, -0.2) is 0 Å². The van der Waals surface area contributed by atoms with E-state index < -0.39 is 16.4 Å². The lowest BCUT2D eigenvalue weighted by Gasteiger charge is -2.35. The molecule has 1 rings (SSSR count). The molecule has 110 valence electrons. The van der Waals surface area contributed by atoms with Crippen molar-refractivity contribution in [1.82, 2.24) is 4.90 Å². The predicted molar refractivity (Wildman–Crippen MR) is 79.6 cm³/mol. The van der Waals surface area contributed by atoms with Crippen LogP contribution in [0.4, 0.5) is 5.69 Å². The zero-order chi connectivity index (χ0) is 15.7. The Morgan fingerprint density at radius 3 is 2.40 bits per heavy atom. The van der Waals surface area contributed by atoms with E-state index in [1.54, 1.807) is 7.05 Å². The molecule has 0 aliphatic rings. The van der Waals surface area contributed by atoms with Crippen LogP contribution < -0.4 is 0 Å². The van der Waals surface area contributed by atoms with E-state index in [1.165, 1.54) is 4.90 Å². The highest BCUT2D eigenvalue weighted by molar-refractivity contribution is 6.44. The molecule has 0 unspecified atom stereocenters. The lowest BCUT2D eigenvalue weighted by Crippen LogP contribution is -2.44. The summed E-state index contributed by atoms with van der Waals surface area (Å²) in [5, 5.41) is 10.9. The van der Waals surface area contributed by atoms with Crippen molar-refractivity contribution >= 4 is 34.8 Å². The minimum Gasteiger partial charge on any atom is -0.337 e. The molecule has 1 aromatic rings. The minimum absolute atomic E-state index is 0.00748. The molecule has 0 N–H and O–H groups in total. The van der Waals surface area contributed by atoms with Gasteiger partial charge in [0.1, 0.15) is 0 Å². The van der Waals surface area contributed by atoms with Crippen LogP contribution in [0.15, 0.2) is 12.1 Å². The number of hydrogen-bond acceptors (Lipinski definition) is 3. The van der Waals surface area contributed by atoms with E-state index in [2.05, 4.69) is 0 Å². The van der Waals surface area contributed by atoms with Crippen LogP contribution >= 0.6 is 23.2 Å². The number of halogens is 2. The maximum Gasteiger partial charge on any atom is 0.271 e. The molecule has 20 heavy (non-hydrogen) atoms. The van der Waals surface area contributed by atoms with Crippen LogP contribution in [-0.2, 0) is 0 Å². The van der Waals surface area contributed by atoms with E-state index in [4.69, 9.17) is 23.2 Å². The maximum absolute atomic E-state index is 12.5. The number of carbonyl (C=O) groups excluding carboxylic acids is 1. The van der Waals surface area contributed by atoms with Crippen molar-refractivity contribution in [2.75, 3.05) is 7.05 Å². The van der Waals surface area contributed by atoms with Gasteiger partial charge in [-0.2, -0.15) is 0 Å². The van der Waals surface area contributed by atoms with E-state index in [0.29, 0.717) is 0 Å².